The second-order valence-electron chi connectivity index (χ2n) is 4.23. The van der Waals surface area contributed by atoms with Gasteiger partial charge in [0.05, 0.1) is 6.54 Å². The lowest BCUT2D eigenvalue weighted by molar-refractivity contribution is 0.436. The highest BCUT2D eigenvalue weighted by Crippen LogP contribution is 2.34. The van der Waals surface area contributed by atoms with Gasteiger partial charge >= 0.3 is 10.5 Å². The normalized spacial score (nSPS) is 11.1. The number of hydrogen-bond donors (Lipinski definition) is 1. The summed E-state index contributed by atoms with van der Waals surface area (Å²) in [5, 5.41) is 3.45. The summed E-state index contributed by atoms with van der Waals surface area (Å²) >= 11 is 0. The Balaban J connectivity index is 3.62. The van der Waals surface area contributed by atoms with Crippen LogP contribution in [0.4, 0.5) is 3.89 Å². The molecule has 1 aromatic rings. The summed E-state index contributed by atoms with van der Waals surface area (Å²) in [6, 6.07) is 0. The molecule has 1 aromatic carbocycles. The highest BCUT2D eigenvalue weighted by molar-refractivity contribution is 7.81. The van der Waals surface area contributed by atoms with E-state index in [0.29, 0.717) is 22.3 Å². The fraction of sp³-hybridized carbons (Fsp3) is 0.455. The molecule has 0 fully saturated rings. The van der Waals surface area contributed by atoms with Gasteiger partial charge in [0, 0.05) is 11.5 Å². The molecular weight excluding hydrogens is 287 g/mol. The lowest BCUT2D eigenvalue weighted by Crippen LogP contribution is -2.12. The van der Waals surface area contributed by atoms with Crippen LogP contribution < -0.4 is 9.92 Å². The van der Waals surface area contributed by atoms with E-state index in [4.69, 9.17) is 11.3 Å². The molecule has 20 heavy (non-hydrogen) atoms. The number of nitrogens with zero attached hydrogens (tertiary/aromatic N) is 3. The van der Waals surface area contributed by atoms with Crippen molar-refractivity contribution in [2.45, 2.75) is 33.9 Å². The Kier molecular flexibility index (Phi) is 4.93. The summed E-state index contributed by atoms with van der Waals surface area (Å²) in [7, 11) is -5.14. The van der Waals surface area contributed by atoms with Gasteiger partial charge in [-0.2, -0.15) is 8.42 Å². The molecule has 9 heteroatoms. The van der Waals surface area contributed by atoms with Crippen molar-refractivity contribution in [2.75, 3.05) is 0 Å². The van der Waals surface area contributed by atoms with Crippen LogP contribution in [0.3, 0.4) is 0 Å². The predicted octanol–water partition coefficient (Wildman–Crippen LogP) is 2.47. The van der Waals surface area contributed by atoms with Gasteiger partial charge in [-0.1, -0.05) is 9.00 Å². The maximum atomic E-state index is 12.8. The molecule has 0 aromatic heterocycles. The molecule has 0 atom stereocenters. The van der Waals surface area contributed by atoms with Crippen molar-refractivity contribution in [2.24, 2.45) is 10.8 Å². The summed E-state index contributed by atoms with van der Waals surface area (Å²) in [5.41, 5.74) is 16.9. The predicted molar refractivity (Wildman–Crippen MR) is 72.1 cm³/mol. The summed E-state index contributed by atoms with van der Waals surface area (Å²) in [4.78, 5) is 2.66. The molecule has 0 aliphatic heterocycles. The molecule has 0 aliphatic carbocycles. The first-order valence-electron chi connectivity index (χ1n) is 5.69. The van der Waals surface area contributed by atoms with Crippen LogP contribution in [0.2, 0.25) is 0 Å². The Morgan fingerprint density at radius 1 is 1.25 bits per heavy atom. The maximum absolute atomic E-state index is 12.8. The minimum atomic E-state index is -5.14. The molecule has 2 N–H and O–H groups in total. The smallest absolute Gasteiger partial charge is 0.358 e. The van der Waals surface area contributed by atoms with Gasteiger partial charge in [-0.25, -0.2) is 0 Å². The van der Waals surface area contributed by atoms with Gasteiger partial charge in [-0.3, -0.25) is 0 Å². The van der Waals surface area contributed by atoms with Crippen LogP contribution in [-0.2, 0) is 23.6 Å². The Hall–Kier alpha value is -1.83. The highest BCUT2D eigenvalue weighted by atomic mass is 32.3. The Labute approximate surface area is 116 Å². The third kappa shape index (κ3) is 3.38. The van der Waals surface area contributed by atoms with Crippen molar-refractivity contribution in [3.8, 4) is 5.75 Å². The zero-order chi connectivity index (χ0) is 15.5. The van der Waals surface area contributed by atoms with Crippen molar-refractivity contribution < 1.29 is 16.5 Å². The summed E-state index contributed by atoms with van der Waals surface area (Å²) in [6.07, 6.45) is 0. The molecule has 1 rings (SSSR count). The first kappa shape index (κ1) is 16.2. The van der Waals surface area contributed by atoms with E-state index in [9.17, 15) is 12.3 Å². The van der Waals surface area contributed by atoms with Crippen LogP contribution >= 0.6 is 0 Å². The van der Waals surface area contributed by atoms with E-state index >= 15 is 0 Å². The Bertz CT molecular complexity index is 682. The largest absolute Gasteiger partial charge is 0.488 e. The molecule has 0 heterocycles. The molecule has 110 valence electrons. The van der Waals surface area contributed by atoms with E-state index in [1.54, 1.807) is 20.8 Å². The van der Waals surface area contributed by atoms with Gasteiger partial charge in [0.1, 0.15) is 0 Å². The zero-order valence-corrected chi connectivity index (χ0v) is 12.2. The summed E-state index contributed by atoms with van der Waals surface area (Å²) in [6.45, 7) is 5.08. The fourth-order valence-corrected chi connectivity index (χ4v) is 2.62. The highest BCUT2D eigenvalue weighted by Gasteiger charge is 2.21. The van der Waals surface area contributed by atoms with Gasteiger partial charge in [0.25, 0.3) is 0 Å². The number of rotatable bonds is 5. The van der Waals surface area contributed by atoms with Crippen LogP contribution in [-0.4, -0.2) is 8.42 Å². The van der Waals surface area contributed by atoms with Gasteiger partial charge in [-0.15, -0.1) is 0 Å². The summed E-state index contributed by atoms with van der Waals surface area (Å²) < 4.78 is 38.6. The number of nitrogens with two attached hydrogens (primary N) is 1. The number of benzene rings is 1. The monoisotopic (exact) mass is 302 g/mol. The van der Waals surface area contributed by atoms with E-state index in [-0.39, 0.29) is 18.8 Å². The third-order valence-corrected chi connectivity index (χ3v) is 3.54. The van der Waals surface area contributed by atoms with Crippen LogP contribution in [0.5, 0.6) is 5.75 Å². The lowest BCUT2D eigenvalue weighted by atomic mass is 9.92. The fourth-order valence-electron chi connectivity index (χ4n) is 2.17. The first-order chi connectivity index (χ1) is 9.22. The molecular formula is C11H15FN4O3S. The van der Waals surface area contributed by atoms with Crippen LogP contribution in [0, 0.1) is 20.8 Å². The molecule has 0 bridgehead atoms. The zero-order valence-electron chi connectivity index (χ0n) is 11.3. The van der Waals surface area contributed by atoms with Crippen LogP contribution in [0.25, 0.3) is 10.4 Å². The topological polar surface area (TPSA) is 118 Å². The minimum Gasteiger partial charge on any atom is -0.358 e. The van der Waals surface area contributed by atoms with E-state index in [2.05, 4.69) is 14.2 Å². The number of azide groups is 1. The van der Waals surface area contributed by atoms with E-state index in [1.807, 2.05) is 0 Å². The molecule has 0 spiro atoms. The molecule has 0 amide bonds. The average Bonchev–Trinajstić information content (AvgIpc) is 2.34. The van der Waals surface area contributed by atoms with Gasteiger partial charge in [0.2, 0.25) is 0 Å². The molecule has 0 aliphatic rings. The number of halogens is 1. The lowest BCUT2D eigenvalue weighted by Gasteiger charge is -2.19. The standard InChI is InChI=1S/C11H15FN4O3S/c1-6-9(4-13)7(2)11(19-20(12,17)18)8(3)10(6)5-15-16-14/h4-5,13H2,1-3H3. The number of hydrogen-bond acceptors (Lipinski definition) is 5. The minimum absolute atomic E-state index is 0.00411. The maximum Gasteiger partial charge on any atom is 0.488 e. The van der Waals surface area contributed by atoms with E-state index < -0.39 is 10.5 Å². The Morgan fingerprint density at radius 3 is 2.25 bits per heavy atom. The molecule has 0 saturated carbocycles. The second-order valence-corrected chi connectivity index (χ2v) is 5.18. The van der Waals surface area contributed by atoms with Gasteiger partial charge in [-0.05, 0) is 54.1 Å². The molecule has 0 radical (unpaired) electrons. The van der Waals surface area contributed by atoms with Crippen LogP contribution in [0.1, 0.15) is 27.8 Å². The van der Waals surface area contributed by atoms with Crippen molar-refractivity contribution in [1.29, 1.82) is 0 Å². The Morgan fingerprint density at radius 2 is 1.80 bits per heavy atom. The third-order valence-electron chi connectivity index (χ3n) is 3.17. The molecule has 0 saturated heterocycles. The average molecular weight is 302 g/mol. The second kappa shape index (κ2) is 6.08. The van der Waals surface area contributed by atoms with Crippen molar-refractivity contribution in [1.82, 2.24) is 0 Å². The van der Waals surface area contributed by atoms with E-state index in [1.165, 1.54) is 0 Å². The van der Waals surface area contributed by atoms with Crippen molar-refractivity contribution >= 4 is 10.5 Å². The van der Waals surface area contributed by atoms with Gasteiger partial charge < -0.3 is 9.92 Å². The van der Waals surface area contributed by atoms with Crippen molar-refractivity contribution in [3.05, 3.63) is 38.3 Å². The SMILES string of the molecule is Cc1c(CN)c(C)c(OS(=O)(=O)F)c(C)c1CN=[N+]=[N-]. The van der Waals surface area contributed by atoms with E-state index in [0.717, 1.165) is 5.56 Å². The molecule has 7 nitrogen and oxygen atoms in total. The van der Waals surface area contributed by atoms with Crippen molar-refractivity contribution in [3.63, 3.8) is 0 Å². The van der Waals surface area contributed by atoms with Crippen LogP contribution in [0.15, 0.2) is 5.11 Å². The molecule has 0 unspecified atom stereocenters. The van der Waals surface area contributed by atoms with Gasteiger partial charge in [0.15, 0.2) is 5.75 Å². The summed E-state index contributed by atoms with van der Waals surface area (Å²) in [5.74, 6) is -0.110. The first-order valence-corrected chi connectivity index (χ1v) is 7.00. The quantitative estimate of drug-likeness (QED) is 0.389.